The van der Waals surface area contributed by atoms with Crippen LogP contribution in [0.3, 0.4) is 0 Å². The van der Waals surface area contributed by atoms with Crippen molar-refractivity contribution in [1.29, 1.82) is 0 Å². The summed E-state index contributed by atoms with van der Waals surface area (Å²) in [6.45, 7) is 2.77. The Morgan fingerprint density at radius 3 is 2.42 bits per heavy atom. The van der Waals surface area contributed by atoms with Gasteiger partial charge in [-0.1, -0.05) is 30.1 Å². The van der Waals surface area contributed by atoms with Crippen LogP contribution in [0.4, 0.5) is 0 Å². The van der Waals surface area contributed by atoms with Crippen molar-refractivity contribution in [2.45, 2.75) is 19.4 Å². The number of hydrogen-bond donors (Lipinski definition) is 1. The summed E-state index contributed by atoms with van der Waals surface area (Å²) >= 11 is 12.1. The van der Waals surface area contributed by atoms with Gasteiger partial charge in [0.25, 0.3) is 0 Å². The van der Waals surface area contributed by atoms with Gasteiger partial charge in [-0.3, -0.25) is 0 Å². The summed E-state index contributed by atoms with van der Waals surface area (Å²) in [4.78, 5) is 0. The zero-order valence-electron chi connectivity index (χ0n) is 10.7. The highest BCUT2D eigenvalue weighted by Gasteiger charge is 2.34. The molecule has 2 unspecified atom stereocenters. The lowest BCUT2D eigenvalue weighted by Crippen LogP contribution is -2.29. The van der Waals surface area contributed by atoms with E-state index in [4.69, 9.17) is 23.2 Å². The van der Waals surface area contributed by atoms with Crippen LogP contribution in [0.1, 0.15) is 24.9 Å². The third-order valence-corrected chi connectivity index (χ3v) is 5.64. The van der Waals surface area contributed by atoms with Crippen molar-refractivity contribution < 1.29 is 8.42 Å². The van der Waals surface area contributed by atoms with Gasteiger partial charge in [-0.05, 0) is 42.6 Å². The van der Waals surface area contributed by atoms with Crippen LogP contribution in [0.25, 0.3) is 0 Å². The standard InChI is InChI=1S/C13H17Cl2NO2S/c1-2-16-13(9-3-4-19(17,18)8-9)10-5-11(14)7-12(15)6-10/h5-7,9,13,16H,2-4,8H2,1H3. The van der Waals surface area contributed by atoms with Gasteiger partial charge < -0.3 is 5.32 Å². The van der Waals surface area contributed by atoms with Gasteiger partial charge >= 0.3 is 0 Å². The van der Waals surface area contributed by atoms with Gasteiger partial charge in [0.15, 0.2) is 9.84 Å². The third-order valence-electron chi connectivity index (χ3n) is 3.41. The van der Waals surface area contributed by atoms with E-state index in [2.05, 4.69) is 5.32 Å². The molecule has 1 saturated heterocycles. The molecule has 1 aromatic carbocycles. The molecule has 19 heavy (non-hydrogen) atoms. The van der Waals surface area contributed by atoms with Crippen LogP contribution in [-0.2, 0) is 9.84 Å². The summed E-state index contributed by atoms with van der Waals surface area (Å²) < 4.78 is 23.3. The zero-order chi connectivity index (χ0) is 14.0. The highest BCUT2D eigenvalue weighted by molar-refractivity contribution is 7.91. The van der Waals surface area contributed by atoms with Crippen LogP contribution in [0, 0.1) is 5.92 Å². The molecule has 0 radical (unpaired) electrons. The Hall–Kier alpha value is -0.290. The SMILES string of the molecule is CCNC(c1cc(Cl)cc(Cl)c1)C1CCS(=O)(=O)C1. The maximum absolute atomic E-state index is 11.6. The van der Waals surface area contributed by atoms with Crippen LogP contribution in [0.5, 0.6) is 0 Å². The molecular formula is C13H17Cl2NO2S. The Morgan fingerprint density at radius 1 is 1.32 bits per heavy atom. The van der Waals surface area contributed by atoms with Crippen molar-refractivity contribution in [2.75, 3.05) is 18.1 Å². The fourth-order valence-corrected chi connectivity index (χ4v) is 5.00. The number of hydrogen-bond acceptors (Lipinski definition) is 3. The summed E-state index contributed by atoms with van der Waals surface area (Å²) in [6, 6.07) is 5.37. The molecule has 1 aliphatic heterocycles. The quantitative estimate of drug-likeness (QED) is 0.927. The molecule has 2 rings (SSSR count). The summed E-state index contributed by atoms with van der Waals surface area (Å²) in [5, 5.41) is 4.50. The molecule has 1 fully saturated rings. The largest absolute Gasteiger partial charge is 0.310 e. The van der Waals surface area contributed by atoms with E-state index in [1.807, 2.05) is 19.1 Å². The second kappa shape index (κ2) is 6.00. The fraction of sp³-hybridized carbons (Fsp3) is 0.538. The van der Waals surface area contributed by atoms with E-state index < -0.39 is 9.84 Å². The van der Waals surface area contributed by atoms with Crippen LogP contribution in [0.15, 0.2) is 18.2 Å². The third kappa shape index (κ3) is 3.85. The molecule has 1 N–H and O–H groups in total. The molecule has 6 heteroatoms. The first-order valence-corrected chi connectivity index (χ1v) is 8.89. The lowest BCUT2D eigenvalue weighted by molar-refractivity contribution is 0.400. The first-order chi connectivity index (χ1) is 8.91. The molecule has 0 bridgehead atoms. The van der Waals surface area contributed by atoms with Crippen molar-refractivity contribution in [3.05, 3.63) is 33.8 Å². The van der Waals surface area contributed by atoms with E-state index in [0.29, 0.717) is 16.5 Å². The normalized spacial score (nSPS) is 23.4. The Balaban J connectivity index is 2.29. The van der Waals surface area contributed by atoms with E-state index in [1.54, 1.807) is 6.07 Å². The van der Waals surface area contributed by atoms with Gasteiger partial charge in [0, 0.05) is 16.1 Å². The molecule has 3 nitrogen and oxygen atoms in total. The maximum Gasteiger partial charge on any atom is 0.150 e. The van der Waals surface area contributed by atoms with Gasteiger partial charge in [-0.25, -0.2) is 8.42 Å². The fourth-order valence-electron chi connectivity index (χ4n) is 2.62. The second-order valence-corrected chi connectivity index (χ2v) is 8.00. The molecule has 0 aliphatic carbocycles. The highest BCUT2D eigenvalue weighted by atomic mass is 35.5. The minimum Gasteiger partial charge on any atom is -0.310 e. The Morgan fingerprint density at radius 2 is 1.95 bits per heavy atom. The summed E-state index contributed by atoms with van der Waals surface area (Å²) in [6.07, 6.45) is 0.685. The topological polar surface area (TPSA) is 46.2 Å². The van der Waals surface area contributed by atoms with Crippen molar-refractivity contribution in [3.63, 3.8) is 0 Å². The van der Waals surface area contributed by atoms with Crippen molar-refractivity contribution in [1.82, 2.24) is 5.32 Å². The van der Waals surface area contributed by atoms with E-state index in [0.717, 1.165) is 12.1 Å². The van der Waals surface area contributed by atoms with Gasteiger partial charge in [0.2, 0.25) is 0 Å². The minimum absolute atomic E-state index is 0.0153. The van der Waals surface area contributed by atoms with Crippen LogP contribution in [-0.4, -0.2) is 26.5 Å². The first-order valence-electron chi connectivity index (χ1n) is 6.31. The molecule has 0 saturated carbocycles. The first kappa shape index (κ1) is 15.1. The smallest absolute Gasteiger partial charge is 0.150 e. The van der Waals surface area contributed by atoms with Crippen LogP contribution < -0.4 is 5.32 Å². The molecule has 2 atom stereocenters. The maximum atomic E-state index is 11.6. The molecule has 106 valence electrons. The zero-order valence-corrected chi connectivity index (χ0v) is 13.0. The number of nitrogens with one attached hydrogen (secondary N) is 1. The van der Waals surface area contributed by atoms with Crippen molar-refractivity contribution in [2.24, 2.45) is 5.92 Å². The lowest BCUT2D eigenvalue weighted by atomic mass is 9.92. The predicted octanol–water partition coefficient (Wildman–Crippen LogP) is 3.08. The molecule has 0 amide bonds. The molecular weight excluding hydrogens is 305 g/mol. The van der Waals surface area contributed by atoms with Crippen molar-refractivity contribution >= 4 is 33.0 Å². The van der Waals surface area contributed by atoms with Gasteiger partial charge in [-0.15, -0.1) is 0 Å². The Kier molecular flexibility index (Phi) is 4.77. The van der Waals surface area contributed by atoms with Gasteiger partial charge in [-0.2, -0.15) is 0 Å². The number of sulfone groups is 1. The predicted molar refractivity (Wildman–Crippen MR) is 79.6 cm³/mol. The molecule has 0 aromatic heterocycles. The summed E-state index contributed by atoms with van der Waals surface area (Å²) in [7, 11) is -2.89. The average Bonchev–Trinajstić information content (AvgIpc) is 2.65. The van der Waals surface area contributed by atoms with E-state index >= 15 is 0 Å². The molecule has 1 aromatic rings. The highest BCUT2D eigenvalue weighted by Crippen LogP contribution is 2.33. The van der Waals surface area contributed by atoms with Crippen molar-refractivity contribution in [3.8, 4) is 0 Å². The van der Waals surface area contributed by atoms with Gasteiger partial charge in [0.05, 0.1) is 11.5 Å². The van der Waals surface area contributed by atoms with Crippen LogP contribution >= 0.6 is 23.2 Å². The van der Waals surface area contributed by atoms with E-state index in [1.165, 1.54) is 0 Å². The molecule has 0 spiro atoms. The minimum atomic E-state index is -2.89. The van der Waals surface area contributed by atoms with E-state index in [-0.39, 0.29) is 23.5 Å². The summed E-state index contributed by atoms with van der Waals surface area (Å²) in [5.41, 5.74) is 0.960. The summed E-state index contributed by atoms with van der Waals surface area (Å²) in [5.74, 6) is 0.585. The average molecular weight is 322 g/mol. The monoisotopic (exact) mass is 321 g/mol. The number of halogens is 2. The second-order valence-electron chi connectivity index (χ2n) is 4.90. The van der Waals surface area contributed by atoms with Crippen LogP contribution in [0.2, 0.25) is 10.0 Å². The number of benzene rings is 1. The Bertz CT molecular complexity index is 540. The number of rotatable bonds is 4. The van der Waals surface area contributed by atoms with Gasteiger partial charge in [0.1, 0.15) is 0 Å². The molecule has 1 aliphatic rings. The van der Waals surface area contributed by atoms with E-state index in [9.17, 15) is 8.42 Å². The lowest BCUT2D eigenvalue weighted by Gasteiger charge is -2.24. The molecule has 1 heterocycles. The Labute approximate surface area is 124 Å².